The number of halogens is 2. The smallest absolute Gasteiger partial charge is 0.278 e. The molecule has 0 saturated heterocycles. The fourth-order valence-corrected chi connectivity index (χ4v) is 4.04. The second-order valence-electron chi connectivity index (χ2n) is 6.22. The minimum absolute atomic E-state index is 0.0209. The summed E-state index contributed by atoms with van der Waals surface area (Å²) in [6.07, 6.45) is 0. The van der Waals surface area contributed by atoms with Crippen LogP contribution in [0.5, 0.6) is 0 Å². The molecular weight excluding hydrogens is 451 g/mol. The summed E-state index contributed by atoms with van der Waals surface area (Å²) in [5.41, 5.74) is 1.58. The van der Waals surface area contributed by atoms with E-state index in [2.05, 4.69) is 20.4 Å². The predicted octanol–water partition coefficient (Wildman–Crippen LogP) is 4.24. The van der Waals surface area contributed by atoms with Crippen LogP contribution in [0.3, 0.4) is 0 Å². The predicted molar refractivity (Wildman–Crippen MR) is 115 cm³/mol. The molecule has 30 heavy (non-hydrogen) atoms. The number of hydrazone groups is 1. The van der Waals surface area contributed by atoms with Gasteiger partial charge in [-0.15, -0.1) is 0 Å². The van der Waals surface area contributed by atoms with Gasteiger partial charge >= 0.3 is 0 Å². The third kappa shape index (κ3) is 5.18. The number of aryl methyl sites for hydroxylation is 1. The third-order valence-corrected chi connectivity index (χ3v) is 5.84. The Hall–Kier alpha value is -2.88. The van der Waals surface area contributed by atoms with Gasteiger partial charge in [-0.05, 0) is 49.7 Å². The molecule has 11 heteroatoms. The van der Waals surface area contributed by atoms with Gasteiger partial charge in [0.25, 0.3) is 15.9 Å². The average molecular weight is 467 g/mol. The Labute approximate surface area is 182 Å². The maximum absolute atomic E-state index is 12.5. The highest BCUT2D eigenvalue weighted by Gasteiger charge is 2.18. The van der Waals surface area contributed by atoms with Crippen molar-refractivity contribution in [2.45, 2.75) is 18.7 Å². The van der Waals surface area contributed by atoms with E-state index in [-0.39, 0.29) is 20.6 Å². The first-order valence-electron chi connectivity index (χ1n) is 8.52. The number of nitrogens with one attached hydrogen (secondary N) is 2. The number of aromatic nitrogens is 1. The third-order valence-electron chi connectivity index (χ3n) is 3.92. The van der Waals surface area contributed by atoms with Crippen molar-refractivity contribution in [1.29, 1.82) is 0 Å². The van der Waals surface area contributed by atoms with Gasteiger partial charge in [0, 0.05) is 16.8 Å². The number of rotatable bonds is 6. The van der Waals surface area contributed by atoms with Gasteiger partial charge < -0.3 is 9.84 Å². The molecule has 3 aromatic rings. The summed E-state index contributed by atoms with van der Waals surface area (Å²) in [7, 11) is -4.02. The summed E-state index contributed by atoms with van der Waals surface area (Å²) < 4.78 is 29.8. The van der Waals surface area contributed by atoms with Crippen LogP contribution in [0.2, 0.25) is 10.0 Å². The minimum Gasteiger partial charge on any atom is -0.361 e. The van der Waals surface area contributed by atoms with Gasteiger partial charge in [-0.2, -0.15) is 18.4 Å². The quantitative estimate of drug-likeness (QED) is 0.416. The number of carbonyl (C=O) groups excluding carboxylic acids is 1. The van der Waals surface area contributed by atoms with Crippen molar-refractivity contribution in [3.05, 3.63) is 75.6 Å². The monoisotopic (exact) mass is 466 g/mol. The van der Waals surface area contributed by atoms with Crippen LogP contribution in [0.25, 0.3) is 0 Å². The van der Waals surface area contributed by atoms with E-state index in [9.17, 15) is 13.2 Å². The van der Waals surface area contributed by atoms with Crippen molar-refractivity contribution in [2.24, 2.45) is 5.10 Å². The van der Waals surface area contributed by atoms with E-state index in [4.69, 9.17) is 27.7 Å². The number of carbonyl (C=O) groups is 1. The van der Waals surface area contributed by atoms with E-state index in [1.165, 1.54) is 24.3 Å². The van der Waals surface area contributed by atoms with Crippen molar-refractivity contribution in [3.8, 4) is 0 Å². The number of anilines is 1. The molecule has 0 spiro atoms. The minimum atomic E-state index is -4.02. The van der Waals surface area contributed by atoms with Crippen LogP contribution in [0.4, 0.5) is 5.69 Å². The van der Waals surface area contributed by atoms with Gasteiger partial charge in [-0.3, -0.25) is 4.79 Å². The number of nitrogens with zero attached hydrogens (tertiary/aromatic N) is 2. The maximum Gasteiger partial charge on any atom is 0.278 e. The van der Waals surface area contributed by atoms with Crippen LogP contribution >= 0.6 is 23.2 Å². The Balaban J connectivity index is 1.77. The molecule has 0 fully saturated rings. The van der Waals surface area contributed by atoms with Crippen LogP contribution < -0.4 is 10.1 Å². The Morgan fingerprint density at radius 2 is 1.90 bits per heavy atom. The number of hydrogen-bond donors (Lipinski definition) is 2. The molecule has 0 saturated carbocycles. The van der Waals surface area contributed by atoms with Crippen molar-refractivity contribution < 1.29 is 17.7 Å². The number of amides is 1. The normalized spacial score (nSPS) is 11.9. The molecule has 0 aliphatic rings. The largest absolute Gasteiger partial charge is 0.361 e. The maximum atomic E-state index is 12.5. The zero-order valence-electron chi connectivity index (χ0n) is 15.8. The molecule has 156 valence electrons. The molecule has 0 unspecified atom stereocenters. The Morgan fingerprint density at radius 3 is 2.60 bits per heavy atom. The van der Waals surface area contributed by atoms with Gasteiger partial charge in [0.05, 0.1) is 10.7 Å². The number of sulfonamides is 1. The summed E-state index contributed by atoms with van der Waals surface area (Å²) in [5.74, 6) is 0.0823. The first-order chi connectivity index (χ1) is 14.2. The summed E-state index contributed by atoms with van der Waals surface area (Å²) in [5, 5.41) is 10.5. The second-order valence-corrected chi connectivity index (χ2v) is 8.70. The van der Waals surface area contributed by atoms with Gasteiger partial charge in [0.2, 0.25) is 0 Å². The molecule has 3 rings (SSSR count). The lowest BCUT2D eigenvalue weighted by molar-refractivity contribution is 0.101. The molecule has 2 N–H and O–H groups in total. The lowest BCUT2D eigenvalue weighted by atomic mass is 10.1. The Morgan fingerprint density at radius 1 is 1.13 bits per heavy atom. The molecule has 1 amide bonds. The first kappa shape index (κ1) is 21.8. The van der Waals surface area contributed by atoms with E-state index < -0.39 is 15.9 Å². The number of benzene rings is 2. The van der Waals surface area contributed by atoms with Gasteiger partial charge in [0.1, 0.15) is 10.7 Å². The van der Waals surface area contributed by atoms with Crippen LogP contribution in [0.1, 0.15) is 28.7 Å². The number of hydrogen-bond acceptors (Lipinski definition) is 6. The Bertz CT molecular complexity index is 1240. The van der Waals surface area contributed by atoms with E-state index in [0.29, 0.717) is 22.7 Å². The standard InChI is InChI=1S/C19H16Cl2N4O4S/c1-11-8-17(24-29-11)19(26)22-15-5-3-4-13(9-15)12(2)23-25-30(27,28)18-10-14(20)6-7-16(18)21/h3-10,25H,1-2H3,(H,22,26)/b23-12-. The Kier molecular flexibility index (Phi) is 6.45. The molecular formula is C19H16Cl2N4O4S. The highest BCUT2D eigenvalue weighted by molar-refractivity contribution is 7.89. The zero-order valence-corrected chi connectivity index (χ0v) is 18.1. The summed E-state index contributed by atoms with van der Waals surface area (Å²) in [6.45, 7) is 3.30. The lowest BCUT2D eigenvalue weighted by Gasteiger charge is -2.09. The van der Waals surface area contributed by atoms with E-state index in [0.717, 1.165) is 0 Å². The molecule has 1 aromatic heterocycles. The fourth-order valence-electron chi connectivity index (χ4n) is 2.42. The second kappa shape index (κ2) is 8.86. The van der Waals surface area contributed by atoms with Crippen LogP contribution in [-0.4, -0.2) is 25.2 Å². The molecule has 0 aliphatic heterocycles. The van der Waals surface area contributed by atoms with Crippen molar-refractivity contribution >= 4 is 50.5 Å². The molecule has 1 heterocycles. The molecule has 8 nitrogen and oxygen atoms in total. The van der Waals surface area contributed by atoms with Gasteiger partial charge in [-0.1, -0.05) is 40.5 Å². The highest BCUT2D eigenvalue weighted by atomic mass is 35.5. The summed E-state index contributed by atoms with van der Waals surface area (Å²) in [4.78, 5) is 14.2. The van der Waals surface area contributed by atoms with Crippen LogP contribution in [0, 0.1) is 6.92 Å². The fraction of sp³-hybridized carbons (Fsp3) is 0.105. The molecule has 0 bridgehead atoms. The highest BCUT2D eigenvalue weighted by Crippen LogP contribution is 2.24. The zero-order chi connectivity index (χ0) is 21.9. The lowest BCUT2D eigenvalue weighted by Crippen LogP contribution is -2.20. The summed E-state index contributed by atoms with van der Waals surface area (Å²) in [6, 6.07) is 12.4. The first-order valence-corrected chi connectivity index (χ1v) is 10.8. The van der Waals surface area contributed by atoms with E-state index in [1.807, 2.05) is 0 Å². The molecule has 0 radical (unpaired) electrons. The SMILES string of the molecule is C/C(=N/NS(=O)(=O)c1cc(Cl)ccc1Cl)c1cccc(NC(=O)c2cc(C)on2)c1. The van der Waals surface area contributed by atoms with Crippen LogP contribution in [-0.2, 0) is 10.0 Å². The van der Waals surface area contributed by atoms with Crippen molar-refractivity contribution in [3.63, 3.8) is 0 Å². The van der Waals surface area contributed by atoms with Gasteiger partial charge in [-0.25, -0.2) is 0 Å². The van der Waals surface area contributed by atoms with Gasteiger partial charge in [0.15, 0.2) is 5.69 Å². The van der Waals surface area contributed by atoms with E-state index >= 15 is 0 Å². The molecule has 0 aliphatic carbocycles. The van der Waals surface area contributed by atoms with Crippen molar-refractivity contribution in [1.82, 2.24) is 9.99 Å². The van der Waals surface area contributed by atoms with Crippen LogP contribution in [0.15, 0.2) is 63.1 Å². The topological polar surface area (TPSA) is 114 Å². The molecule has 0 atom stereocenters. The average Bonchev–Trinajstić information content (AvgIpc) is 3.14. The van der Waals surface area contributed by atoms with Crippen molar-refractivity contribution in [2.75, 3.05) is 5.32 Å². The van der Waals surface area contributed by atoms with E-state index in [1.54, 1.807) is 38.1 Å². The molecule has 2 aromatic carbocycles. The summed E-state index contributed by atoms with van der Waals surface area (Å²) >= 11 is 11.8.